The lowest BCUT2D eigenvalue weighted by Crippen LogP contribution is -2.29. The average molecular weight is 384 g/mol. The topological polar surface area (TPSA) is 113 Å². The Bertz CT molecular complexity index is 814. The number of benzene rings is 1. The second kappa shape index (κ2) is 8.83. The van der Waals surface area contributed by atoms with Gasteiger partial charge in [0.05, 0.1) is 0 Å². The molecule has 1 aromatic carbocycles. The van der Waals surface area contributed by atoms with E-state index in [9.17, 15) is 22.8 Å². The van der Waals surface area contributed by atoms with Gasteiger partial charge in [0, 0.05) is 24.8 Å². The Kier molecular flexibility index (Phi) is 6.52. The number of carbonyl (C=O) groups excluding carboxylic acids is 1. The second-order valence-corrected chi connectivity index (χ2v) is 5.16. The summed E-state index contributed by atoms with van der Waals surface area (Å²) in [6.45, 7) is -0.340. The summed E-state index contributed by atoms with van der Waals surface area (Å²) >= 11 is 0. The quantitative estimate of drug-likeness (QED) is 0.595. The van der Waals surface area contributed by atoms with E-state index in [4.69, 9.17) is 9.84 Å². The summed E-state index contributed by atoms with van der Waals surface area (Å²) in [5.41, 5.74) is -0.824. The minimum atomic E-state index is -4.57. The normalized spacial score (nSPS) is 10.9. The molecule has 0 saturated carbocycles. The predicted molar refractivity (Wildman–Crippen MR) is 87.4 cm³/mol. The fourth-order valence-electron chi connectivity index (χ4n) is 1.93. The van der Waals surface area contributed by atoms with Crippen LogP contribution >= 0.6 is 0 Å². The van der Waals surface area contributed by atoms with Gasteiger partial charge in [-0.05, 0) is 24.3 Å². The summed E-state index contributed by atoms with van der Waals surface area (Å²) in [6, 6.07) is 6.67. The number of amides is 1. The van der Waals surface area contributed by atoms with E-state index in [-0.39, 0.29) is 30.4 Å². The van der Waals surface area contributed by atoms with Gasteiger partial charge < -0.3 is 20.5 Å². The van der Waals surface area contributed by atoms with Crippen LogP contribution in [0.2, 0.25) is 0 Å². The molecule has 0 fully saturated rings. The molecule has 0 atom stereocenters. The Morgan fingerprint density at radius 3 is 2.67 bits per heavy atom. The minimum absolute atomic E-state index is 0.0959. The number of halogens is 3. The van der Waals surface area contributed by atoms with Gasteiger partial charge in [0.2, 0.25) is 5.95 Å². The van der Waals surface area contributed by atoms with E-state index in [0.717, 1.165) is 12.3 Å². The summed E-state index contributed by atoms with van der Waals surface area (Å²) in [5.74, 6) is -1.58. The lowest BCUT2D eigenvalue weighted by molar-refractivity contribution is -0.141. The van der Waals surface area contributed by atoms with Crippen LogP contribution in [0, 0.1) is 0 Å². The first-order chi connectivity index (χ1) is 12.8. The highest BCUT2D eigenvalue weighted by molar-refractivity contribution is 5.94. The number of ether oxygens (including phenoxy) is 1. The molecule has 0 aliphatic rings. The van der Waals surface area contributed by atoms with Crippen LogP contribution in [0.3, 0.4) is 0 Å². The van der Waals surface area contributed by atoms with Gasteiger partial charge in [-0.2, -0.15) is 13.2 Å². The Morgan fingerprint density at radius 1 is 1.19 bits per heavy atom. The number of anilines is 1. The maximum Gasteiger partial charge on any atom is 0.433 e. The van der Waals surface area contributed by atoms with Crippen LogP contribution in [-0.2, 0) is 11.0 Å². The van der Waals surface area contributed by atoms with Crippen LogP contribution < -0.4 is 15.4 Å². The van der Waals surface area contributed by atoms with Gasteiger partial charge in [0.25, 0.3) is 5.91 Å². The Morgan fingerprint density at radius 2 is 1.96 bits per heavy atom. The van der Waals surface area contributed by atoms with Crippen molar-refractivity contribution in [2.75, 3.05) is 25.0 Å². The lowest BCUT2D eigenvalue weighted by atomic mass is 10.2. The van der Waals surface area contributed by atoms with Gasteiger partial charge in [0.15, 0.2) is 6.61 Å². The SMILES string of the molecule is O=C(O)COc1cccc(C(=O)NCCNc2nccc(C(F)(F)F)n2)c1. The number of carboxylic acid groups (broad SMARTS) is 1. The van der Waals surface area contributed by atoms with Crippen LogP contribution in [-0.4, -0.2) is 46.6 Å². The molecular weight excluding hydrogens is 369 g/mol. The highest BCUT2D eigenvalue weighted by Crippen LogP contribution is 2.27. The Balaban J connectivity index is 1.83. The molecule has 0 bridgehead atoms. The molecule has 2 aromatic rings. The number of aliphatic carboxylic acids is 1. The van der Waals surface area contributed by atoms with Crippen molar-refractivity contribution in [1.29, 1.82) is 0 Å². The first-order valence-electron chi connectivity index (χ1n) is 7.62. The molecule has 144 valence electrons. The average Bonchev–Trinajstić information content (AvgIpc) is 2.63. The number of carboxylic acids is 1. The van der Waals surface area contributed by atoms with Gasteiger partial charge in [-0.15, -0.1) is 0 Å². The van der Waals surface area contributed by atoms with E-state index in [2.05, 4.69) is 20.6 Å². The van der Waals surface area contributed by atoms with Crippen molar-refractivity contribution in [1.82, 2.24) is 15.3 Å². The zero-order valence-electron chi connectivity index (χ0n) is 13.8. The summed E-state index contributed by atoms with van der Waals surface area (Å²) in [5, 5.41) is 13.7. The van der Waals surface area contributed by atoms with Crippen molar-refractivity contribution < 1.29 is 32.6 Å². The molecular formula is C16H15F3N4O4. The third-order valence-corrected chi connectivity index (χ3v) is 3.10. The van der Waals surface area contributed by atoms with Gasteiger partial charge in [0.1, 0.15) is 11.4 Å². The second-order valence-electron chi connectivity index (χ2n) is 5.16. The largest absolute Gasteiger partial charge is 0.482 e. The molecule has 8 nitrogen and oxygen atoms in total. The van der Waals surface area contributed by atoms with E-state index in [0.29, 0.717) is 0 Å². The maximum atomic E-state index is 12.6. The van der Waals surface area contributed by atoms with Crippen molar-refractivity contribution in [2.45, 2.75) is 6.18 Å². The van der Waals surface area contributed by atoms with Crippen LogP contribution in [0.25, 0.3) is 0 Å². The zero-order valence-corrected chi connectivity index (χ0v) is 13.8. The van der Waals surface area contributed by atoms with Crippen LogP contribution in [0.5, 0.6) is 5.75 Å². The van der Waals surface area contributed by atoms with Crippen LogP contribution in [0.15, 0.2) is 36.5 Å². The number of hydrogen-bond acceptors (Lipinski definition) is 6. The van der Waals surface area contributed by atoms with Crippen molar-refractivity contribution in [3.05, 3.63) is 47.8 Å². The molecule has 0 spiro atoms. The van der Waals surface area contributed by atoms with Crippen molar-refractivity contribution in [3.63, 3.8) is 0 Å². The maximum absolute atomic E-state index is 12.6. The number of hydrogen-bond donors (Lipinski definition) is 3. The van der Waals surface area contributed by atoms with Gasteiger partial charge in [-0.25, -0.2) is 14.8 Å². The standard InChI is InChI=1S/C16H15F3N4O4/c17-16(18,19)12-4-5-21-15(23-12)22-7-6-20-14(26)10-2-1-3-11(8-10)27-9-13(24)25/h1-5,8H,6-7,9H2,(H,20,26)(H,24,25)(H,21,22,23). The summed E-state index contributed by atoms with van der Waals surface area (Å²) in [6.07, 6.45) is -3.58. The molecule has 1 heterocycles. The number of carbonyl (C=O) groups is 2. The molecule has 3 N–H and O–H groups in total. The molecule has 1 amide bonds. The third-order valence-electron chi connectivity index (χ3n) is 3.10. The zero-order chi connectivity index (χ0) is 19.9. The molecule has 0 aliphatic heterocycles. The highest BCUT2D eigenvalue weighted by atomic mass is 19.4. The minimum Gasteiger partial charge on any atom is -0.482 e. The summed E-state index contributed by atoms with van der Waals surface area (Å²) in [4.78, 5) is 29.5. The fourth-order valence-corrected chi connectivity index (χ4v) is 1.93. The summed E-state index contributed by atoms with van der Waals surface area (Å²) in [7, 11) is 0. The van der Waals surface area contributed by atoms with E-state index in [1.54, 1.807) is 0 Å². The molecule has 0 aliphatic carbocycles. The van der Waals surface area contributed by atoms with E-state index in [1.807, 2.05) is 0 Å². The van der Waals surface area contributed by atoms with E-state index >= 15 is 0 Å². The first kappa shape index (κ1) is 19.9. The van der Waals surface area contributed by atoms with E-state index in [1.165, 1.54) is 24.3 Å². The number of aromatic nitrogens is 2. The molecule has 0 unspecified atom stereocenters. The number of alkyl halides is 3. The Hall–Kier alpha value is -3.37. The monoisotopic (exact) mass is 384 g/mol. The van der Waals surface area contributed by atoms with E-state index < -0.39 is 30.4 Å². The molecule has 2 rings (SSSR count). The van der Waals surface area contributed by atoms with Gasteiger partial charge in [-0.3, -0.25) is 4.79 Å². The van der Waals surface area contributed by atoms with Crippen molar-refractivity contribution in [3.8, 4) is 5.75 Å². The third kappa shape index (κ3) is 6.45. The highest BCUT2D eigenvalue weighted by Gasteiger charge is 2.32. The molecule has 11 heteroatoms. The number of nitrogens with zero attached hydrogens (tertiary/aromatic N) is 2. The molecule has 27 heavy (non-hydrogen) atoms. The van der Waals surface area contributed by atoms with Crippen molar-refractivity contribution in [2.24, 2.45) is 0 Å². The lowest BCUT2D eigenvalue weighted by Gasteiger charge is -2.10. The smallest absolute Gasteiger partial charge is 0.433 e. The Labute approximate surface area is 151 Å². The van der Waals surface area contributed by atoms with Crippen LogP contribution in [0.4, 0.5) is 19.1 Å². The molecule has 0 saturated heterocycles. The predicted octanol–water partition coefficient (Wildman–Crippen LogP) is 1.80. The van der Waals surface area contributed by atoms with Gasteiger partial charge >= 0.3 is 12.1 Å². The number of rotatable bonds is 8. The van der Waals surface area contributed by atoms with Gasteiger partial charge in [-0.1, -0.05) is 6.07 Å². The first-order valence-corrected chi connectivity index (χ1v) is 7.62. The molecule has 0 radical (unpaired) electrons. The fraction of sp³-hybridized carbons (Fsp3) is 0.250. The van der Waals surface area contributed by atoms with Crippen molar-refractivity contribution >= 4 is 17.8 Å². The summed E-state index contributed by atoms with van der Waals surface area (Å²) < 4.78 is 42.7. The number of nitrogens with one attached hydrogen (secondary N) is 2. The van der Waals surface area contributed by atoms with Crippen LogP contribution in [0.1, 0.15) is 16.1 Å². The molecule has 1 aromatic heterocycles.